The molecule has 196 valence electrons. The summed E-state index contributed by atoms with van der Waals surface area (Å²) in [6.07, 6.45) is 1.31. The Morgan fingerprint density at radius 3 is 2.31 bits per heavy atom. The van der Waals surface area contributed by atoms with Crippen LogP contribution < -0.4 is 15.4 Å². The lowest BCUT2D eigenvalue weighted by molar-refractivity contribution is 0.0953. The molecule has 0 atom stereocenters. The van der Waals surface area contributed by atoms with E-state index in [-0.39, 0.29) is 17.6 Å². The van der Waals surface area contributed by atoms with Gasteiger partial charge in [-0.25, -0.2) is 0 Å². The molecule has 0 radical (unpaired) electrons. The zero-order valence-corrected chi connectivity index (χ0v) is 21.3. The summed E-state index contributed by atoms with van der Waals surface area (Å²) in [7, 11) is 0. The highest BCUT2D eigenvalue weighted by molar-refractivity contribution is 6.07. The Morgan fingerprint density at radius 1 is 0.769 bits per heavy atom. The molecule has 0 unspecified atom stereocenters. The summed E-state index contributed by atoms with van der Waals surface area (Å²) < 4.78 is 6.06. The molecule has 0 bridgehead atoms. The van der Waals surface area contributed by atoms with Gasteiger partial charge in [-0.1, -0.05) is 60.7 Å². The van der Waals surface area contributed by atoms with E-state index in [1.807, 2.05) is 66.7 Å². The summed E-state index contributed by atoms with van der Waals surface area (Å²) >= 11 is 0. The largest absolute Gasteiger partial charge is 0.508 e. The average molecular weight is 520 g/mol. The molecule has 0 aliphatic rings. The fourth-order valence-electron chi connectivity index (χ4n) is 4.28. The van der Waals surface area contributed by atoms with Crippen molar-refractivity contribution in [1.29, 1.82) is 0 Å². The normalized spacial score (nSPS) is 10.8. The summed E-state index contributed by atoms with van der Waals surface area (Å²) in [5.41, 5.74) is 4.33. The van der Waals surface area contributed by atoms with Gasteiger partial charge in [0, 0.05) is 29.4 Å². The molecule has 0 aliphatic heterocycles. The molecular weight excluding hydrogens is 490 g/mol. The first-order valence-electron chi connectivity index (χ1n) is 12.8. The second kappa shape index (κ2) is 12.0. The Bertz CT molecular complexity index is 1540. The van der Waals surface area contributed by atoms with Gasteiger partial charge >= 0.3 is 0 Å². The number of para-hydroxylation sites is 1. The summed E-state index contributed by atoms with van der Waals surface area (Å²) in [5, 5.41) is 16.3. The minimum Gasteiger partial charge on any atom is -0.508 e. The van der Waals surface area contributed by atoms with Crippen molar-refractivity contribution >= 4 is 28.4 Å². The Balaban J connectivity index is 1.30. The standard InChI is InChI=1S/C32H29N3O4/c36-26-13-10-23(11-14-26)17-19-39-30-21-25(31(37)33-18-16-22-6-2-1-3-7-22)12-15-28(30)35-32(38)29-20-24-8-4-5-9-27(24)34-29/h1-15,20-21,34,36H,16-19H2,(H,33,37)(H,35,38). The number of aromatic amines is 1. The highest BCUT2D eigenvalue weighted by Crippen LogP contribution is 2.27. The molecule has 5 aromatic rings. The number of fused-ring (bicyclic) bond motifs is 1. The molecule has 1 heterocycles. The maximum Gasteiger partial charge on any atom is 0.272 e. The SMILES string of the molecule is O=C(NCCc1ccccc1)c1ccc(NC(=O)c2cc3ccccc3[nH]2)c(OCCc2ccc(O)cc2)c1. The lowest BCUT2D eigenvalue weighted by atomic mass is 10.1. The number of carbonyl (C=O) groups is 2. The number of H-pyrrole nitrogens is 1. The third-order valence-corrected chi connectivity index (χ3v) is 6.39. The Morgan fingerprint density at radius 2 is 1.51 bits per heavy atom. The summed E-state index contributed by atoms with van der Waals surface area (Å²) in [5.74, 6) is 0.0685. The number of aromatic hydroxyl groups is 1. The number of aromatic nitrogens is 1. The number of hydrogen-bond donors (Lipinski definition) is 4. The van der Waals surface area contributed by atoms with Gasteiger partial charge in [-0.3, -0.25) is 9.59 Å². The van der Waals surface area contributed by atoms with Crippen molar-refractivity contribution in [2.75, 3.05) is 18.5 Å². The number of ether oxygens (including phenoxy) is 1. The summed E-state index contributed by atoms with van der Waals surface area (Å²) in [6.45, 7) is 0.817. The van der Waals surface area contributed by atoms with Crippen LogP contribution in [0.4, 0.5) is 5.69 Å². The summed E-state index contributed by atoms with van der Waals surface area (Å²) in [4.78, 5) is 29.1. The third-order valence-electron chi connectivity index (χ3n) is 6.39. The van der Waals surface area contributed by atoms with E-state index < -0.39 is 0 Å². The van der Waals surface area contributed by atoms with Crippen LogP contribution in [0, 0.1) is 0 Å². The molecule has 0 aliphatic carbocycles. The van der Waals surface area contributed by atoms with E-state index in [4.69, 9.17) is 4.74 Å². The number of carbonyl (C=O) groups excluding carboxylic acids is 2. The molecule has 5 rings (SSSR count). The van der Waals surface area contributed by atoms with Gasteiger partial charge < -0.3 is 25.5 Å². The topological polar surface area (TPSA) is 103 Å². The summed E-state index contributed by atoms with van der Waals surface area (Å²) in [6, 6.07) is 31.3. The highest BCUT2D eigenvalue weighted by Gasteiger charge is 2.15. The minimum atomic E-state index is -0.311. The van der Waals surface area contributed by atoms with Gasteiger partial charge in [0.25, 0.3) is 11.8 Å². The van der Waals surface area contributed by atoms with E-state index in [2.05, 4.69) is 15.6 Å². The van der Waals surface area contributed by atoms with Gasteiger partial charge in [0.15, 0.2) is 0 Å². The van der Waals surface area contributed by atoms with Crippen LogP contribution >= 0.6 is 0 Å². The fourth-order valence-corrected chi connectivity index (χ4v) is 4.28. The van der Waals surface area contributed by atoms with E-state index in [0.29, 0.717) is 42.3 Å². The number of anilines is 1. The molecule has 0 saturated heterocycles. The van der Waals surface area contributed by atoms with E-state index >= 15 is 0 Å². The zero-order valence-electron chi connectivity index (χ0n) is 21.3. The van der Waals surface area contributed by atoms with Crippen molar-refractivity contribution in [3.8, 4) is 11.5 Å². The first-order valence-corrected chi connectivity index (χ1v) is 12.8. The van der Waals surface area contributed by atoms with Crippen LogP contribution in [0.3, 0.4) is 0 Å². The lowest BCUT2D eigenvalue weighted by Gasteiger charge is -2.14. The first-order chi connectivity index (χ1) is 19.0. The predicted molar refractivity (Wildman–Crippen MR) is 152 cm³/mol. The number of benzene rings is 4. The van der Waals surface area contributed by atoms with E-state index in [1.54, 1.807) is 36.4 Å². The Kier molecular flexibility index (Phi) is 7.88. The maximum atomic E-state index is 13.1. The van der Waals surface area contributed by atoms with Crippen LogP contribution in [-0.2, 0) is 12.8 Å². The molecule has 4 N–H and O–H groups in total. The number of hydrogen-bond acceptors (Lipinski definition) is 4. The Labute approximate surface area is 226 Å². The second-order valence-electron chi connectivity index (χ2n) is 9.19. The zero-order chi connectivity index (χ0) is 27.0. The number of nitrogens with one attached hydrogen (secondary N) is 3. The van der Waals surface area contributed by atoms with Gasteiger partial charge in [-0.2, -0.15) is 0 Å². The quantitative estimate of drug-likeness (QED) is 0.189. The molecule has 1 aromatic heterocycles. The van der Waals surface area contributed by atoms with Gasteiger partial charge in [-0.15, -0.1) is 0 Å². The van der Waals surface area contributed by atoms with Crippen LogP contribution in [-0.4, -0.2) is 35.1 Å². The van der Waals surface area contributed by atoms with Crippen LogP contribution in [0.15, 0.2) is 103 Å². The van der Waals surface area contributed by atoms with Crippen molar-refractivity contribution in [3.05, 3.63) is 126 Å². The Hall–Kier alpha value is -5.04. The molecular formula is C32H29N3O4. The van der Waals surface area contributed by atoms with Gasteiger partial charge in [0.2, 0.25) is 0 Å². The lowest BCUT2D eigenvalue weighted by Crippen LogP contribution is -2.25. The average Bonchev–Trinajstić information content (AvgIpc) is 3.40. The second-order valence-corrected chi connectivity index (χ2v) is 9.19. The van der Waals surface area contributed by atoms with E-state index in [9.17, 15) is 14.7 Å². The first kappa shape index (κ1) is 25.6. The fraction of sp³-hybridized carbons (Fsp3) is 0.125. The van der Waals surface area contributed by atoms with E-state index in [1.165, 1.54) is 0 Å². The molecule has 0 fully saturated rings. The molecule has 7 heteroatoms. The van der Waals surface area contributed by atoms with Crippen molar-refractivity contribution < 1.29 is 19.4 Å². The molecule has 4 aromatic carbocycles. The van der Waals surface area contributed by atoms with E-state index in [0.717, 1.165) is 28.5 Å². The maximum absolute atomic E-state index is 13.1. The number of rotatable bonds is 10. The van der Waals surface area contributed by atoms with Gasteiger partial charge in [0.1, 0.15) is 17.2 Å². The van der Waals surface area contributed by atoms with Crippen LogP contribution in [0.5, 0.6) is 11.5 Å². The predicted octanol–water partition coefficient (Wildman–Crippen LogP) is 5.72. The van der Waals surface area contributed by atoms with Crippen molar-refractivity contribution in [1.82, 2.24) is 10.3 Å². The molecule has 0 spiro atoms. The monoisotopic (exact) mass is 519 g/mol. The number of phenols is 1. The number of amides is 2. The number of phenolic OH excluding ortho intramolecular Hbond substituents is 1. The smallest absolute Gasteiger partial charge is 0.272 e. The molecule has 0 saturated carbocycles. The molecule has 7 nitrogen and oxygen atoms in total. The van der Waals surface area contributed by atoms with Crippen molar-refractivity contribution in [2.24, 2.45) is 0 Å². The van der Waals surface area contributed by atoms with Crippen molar-refractivity contribution in [2.45, 2.75) is 12.8 Å². The highest BCUT2D eigenvalue weighted by atomic mass is 16.5. The molecule has 2 amide bonds. The van der Waals surface area contributed by atoms with Gasteiger partial charge in [-0.05, 0) is 60.0 Å². The third kappa shape index (κ3) is 6.64. The van der Waals surface area contributed by atoms with Gasteiger partial charge in [0.05, 0.1) is 12.3 Å². The van der Waals surface area contributed by atoms with Crippen molar-refractivity contribution in [3.63, 3.8) is 0 Å². The molecule has 39 heavy (non-hydrogen) atoms. The van der Waals surface area contributed by atoms with Crippen LogP contribution in [0.25, 0.3) is 10.9 Å². The van der Waals surface area contributed by atoms with Crippen LogP contribution in [0.2, 0.25) is 0 Å². The van der Waals surface area contributed by atoms with Crippen LogP contribution in [0.1, 0.15) is 32.0 Å². The minimum absolute atomic E-state index is 0.202.